The van der Waals surface area contributed by atoms with Gasteiger partial charge in [0.15, 0.2) is 28.2 Å². The summed E-state index contributed by atoms with van der Waals surface area (Å²) < 4.78 is 35.7. The molecule has 2 fully saturated rings. The van der Waals surface area contributed by atoms with Crippen LogP contribution < -0.4 is 5.82 Å². The van der Waals surface area contributed by atoms with Crippen LogP contribution in [0.4, 0.5) is 0 Å². The van der Waals surface area contributed by atoms with Gasteiger partial charge in [-0.25, -0.2) is 9.78 Å². The van der Waals surface area contributed by atoms with Crippen molar-refractivity contribution in [3.05, 3.63) is 68.1 Å². The van der Waals surface area contributed by atoms with Crippen LogP contribution in [0.15, 0.2) is 48.9 Å². The summed E-state index contributed by atoms with van der Waals surface area (Å²) in [5, 5.41) is 13.6. The molecule has 4 bridgehead atoms. The van der Waals surface area contributed by atoms with Gasteiger partial charge in [0.2, 0.25) is 5.12 Å². The van der Waals surface area contributed by atoms with Crippen LogP contribution in [0.3, 0.4) is 0 Å². The van der Waals surface area contributed by atoms with Crippen molar-refractivity contribution in [1.29, 1.82) is 0 Å². The van der Waals surface area contributed by atoms with E-state index in [1.54, 1.807) is 43.5 Å². The van der Waals surface area contributed by atoms with E-state index in [9.17, 15) is 28.8 Å². The number of aryl methyl sites for hydroxylation is 1. The van der Waals surface area contributed by atoms with Gasteiger partial charge in [-0.2, -0.15) is 4.31 Å². The summed E-state index contributed by atoms with van der Waals surface area (Å²) in [4.78, 5) is 56.9. The topological polar surface area (TPSA) is 172 Å². The first-order chi connectivity index (χ1) is 22.3. The number of thiazole rings is 1. The van der Waals surface area contributed by atoms with E-state index >= 15 is 0 Å². The fraction of sp³-hybridized carbons (Fsp3) is 0.531. The molecule has 0 aromatic carbocycles. The van der Waals surface area contributed by atoms with Gasteiger partial charge in [-0.1, -0.05) is 29.5 Å². The van der Waals surface area contributed by atoms with E-state index in [4.69, 9.17) is 18.3 Å². The van der Waals surface area contributed by atoms with Gasteiger partial charge in [-0.3, -0.25) is 14.4 Å². The highest BCUT2D eigenvalue weighted by molar-refractivity contribution is 8.13. The maximum atomic E-state index is 14.5. The Morgan fingerprint density at radius 3 is 2.72 bits per heavy atom. The lowest BCUT2D eigenvalue weighted by molar-refractivity contribution is -0.181. The fourth-order valence-corrected chi connectivity index (χ4v) is 9.66. The maximum absolute atomic E-state index is 14.5. The minimum Gasteiger partial charge on any atom is -0.592 e. The Morgan fingerprint density at radius 2 is 2.02 bits per heavy atom. The molecule has 15 heteroatoms. The lowest BCUT2D eigenvalue weighted by Gasteiger charge is -2.40. The number of carbonyl (C=O) groups excluding carboxylic acids is 3. The van der Waals surface area contributed by atoms with Crippen molar-refractivity contribution in [2.45, 2.75) is 101 Å². The minimum atomic E-state index is -2.27. The average Bonchev–Trinajstić information content (AvgIpc) is 3.71. The van der Waals surface area contributed by atoms with Crippen LogP contribution in [-0.2, 0) is 41.0 Å². The number of nitrogens with zero attached hydrogens (tertiary/aromatic N) is 2. The van der Waals surface area contributed by atoms with E-state index in [1.807, 2.05) is 0 Å². The van der Waals surface area contributed by atoms with Crippen LogP contribution in [0.1, 0.15) is 87.6 Å². The molecular weight excluding hydrogens is 669 g/mol. The SMILES string of the molecule is C/C1=C\[C@@H](O[C@@H]2CCCCO2)C(=O)/C=C/C=C/c2csc(n2)[C@@H](C)N2C(=O)C[C@@]([C@@](C)(O)C(=O)SCc3oc(=O)oc3C)(CC1)[S+]2[O-]. The minimum absolute atomic E-state index is 0.0304. The Bertz CT molecular complexity index is 1630. The van der Waals surface area contributed by atoms with Gasteiger partial charge in [0.1, 0.15) is 22.9 Å². The maximum Gasteiger partial charge on any atom is 0.519 e. The molecule has 6 atom stereocenters. The van der Waals surface area contributed by atoms with Crippen molar-refractivity contribution >= 4 is 57.3 Å². The zero-order chi connectivity index (χ0) is 33.9. The van der Waals surface area contributed by atoms with Gasteiger partial charge in [0, 0.05) is 18.4 Å². The van der Waals surface area contributed by atoms with Gasteiger partial charge >= 0.3 is 5.82 Å². The second kappa shape index (κ2) is 14.8. The first kappa shape index (κ1) is 35.5. The Hall–Kier alpha value is -2.79. The summed E-state index contributed by atoms with van der Waals surface area (Å²) in [6, 6.07) is -0.712. The van der Waals surface area contributed by atoms with Gasteiger partial charge in [0.05, 0.1) is 29.2 Å². The number of hydrogen-bond donors (Lipinski definition) is 1. The number of allylic oxidation sites excluding steroid dienone is 3. The molecule has 1 unspecified atom stereocenters. The zero-order valence-corrected chi connectivity index (χ0v) is 29.0. The molecular formula is C32H38N2O10S3. The highest BCUT2D eigenvalue weighted by Crippen LogP contribution is 2.50. The molecule has 12 nitrogen and oxygen atoms in total. The van der Waals surface area contributed by atoms with Crippen LogP contribution in [0.5, 0.6) is 0 Å². The number of thioether (sulfide) groups is 1. The number of rotatable bonds is 6. The summed E-state index contributed by atoms with van der Waals surface area (Å²) in [6.45, 7) is 6.81. The highest BCUT2D eigenvalue weighted by Gasteiger charge is 2.69. The first-order valence-electron chi connectivity index (χ1n) is 15.3. The highest BCUT2D eigenvalue weighted by atomic mass is 32.2. The second-order valence-electron chi connectivity index (χ2n) is 12.0. The summed E-state index contributed by atoms with van der Waals surface area (Å²) in [5.41, 5.74) is -1.01. The Morgan fingerprint density at radius 1 is 1.26 bits per heavy atom. The molecule has 3 aliphatic heterocycles. The van der Waals surface area contributed by atoms with E-state index in [0.29, 0.717) is 41.1 Å². The van der Waals surface area contributed by atoms with Crippen molar-refractivity contribution in [3.63, 3.8) is 0 Å². The number of aliphatic hydroxyl groups is 1. The summed E-state index contributed by atoms with van der Waals surface area (Å²) >= 11 is -0.223. The molecule has 0 saturated carbocycles. The number of ketones is 1. The molecule has 254 valence electrons. The van der Waals surface area contributed by atoms with Crippen LogP contribution in [0, 0.1) is 6.92 Å². The standard InChI is InChI=1S/C32H38N2O10S3/c1-19-12-13-32(31(4,39)29(37)46-18-25-21(3)42-30(38)44-25)16-26(36)34(47(32)40)20(2)28-33-22(17-45-28)9-5-6-10-23(35)24(15-19)43-27-11-7-8-14-41-27/h5-6,9-10,15,17,20,24,27,39H,7-8,11-14,16,18H2,1-4H3/b9-5+,10-6+,19-15+/t20-,24-,27-,31+,32-,47?/m1/s1. The number of carbonyl (C=O) groups is 3. The van der Waals surface area contributed by atoms with Gasteiger partial charge < -0.3 is 28.0 Å². The van der Waals surface area contributed by atoms with E-state index < -0.39 is 57.0 Å². The third-order valence-electron chi connectivity index (χ3n) is 8.61. The summed E-state index contributed by atoms with van der Waals surface area (Å²) in [7, 11) is 0. The van der Waals surface area contributed by atoms with E-state index in [1.165, 1.54) is 35.6 Å². The molecule has 5 heterocycles. The number of hydrogen-bond acceptors (Lipinski definition) is 13. The number of ether oxygens (including phenoxy) is 2. The largest absolute Gasteiger partial charge is 0.592 e. The monoisotopic (exact) mass is 706 g/mol. The Labute approximate surface area is 283 Å². The molecule has 0 aliphatic carbocycles. The Kier molecular flexibility index (Phi) is 11.2. The molecule has 0 radical (unpaired) electrons. The molecule has 2 saturated heterocycles. The van der Waals surface area contributed by atoms with E-state index in [2.05, 4.69) is 4.98 Å². The third kappa shape index (κ3) is 7.61. The number of amides is 1. The predicted molar refractivity (Wildman–Crippen MR) is 176 cm³/mol. The normalized spacial score (nSPS) is 31.1. The van der Waals surface area contributed by atoms with Crippen molar-refractivity contribution in [3.8, 4) is 0 Å². The summed E-state index contributed by atoms with van der Waals surface area (Å²) in [5.74, 6) is -1.49. The van der Waals surface area contributed by atoms with Crippen LogP contribution in [0.2, 0.25) is 0 Å². The van der Waals surface area contributed by atoms with Crippen LogP contribution >= 0.6 is 23.1 Å². The molecule has 0 spiro atoms. The quantitative estimate of drug-likeness (QED) is 0.325. The average molecular weight is 707 g/mol. The lowest BCUT2D eigenvalue weighted by Crippen LogP contribution is -2.60. The summed E-state index contributed by atoms with van der Waals surface area (Å²) in [6.07, 6.45) is 8.85. The molecule has 2 aromatic rings. The van der Waals surface area contributed by atoms with Gasteiger partial charge in [-0.05, 0) is 71.6 Å². The Balaban J connectivity index is 1.51. The first-order valence-corrected chi connectivity index (χ1v) is 18.3. The van der Waals surface area contributed by atoms with Crippen molar-refractivity contribution in [2.24, 2.45) is 0 Å². The van der Waals surface area contributed by atoms with E-state index in [0.717, 1.165) is 12.8 Å². The fourth-order valence-electron chi connectivity index (χ4n) is 5.73. The van der Waals surface area contributed by atoms with Crippen molar-refractivity contribution in [2.75, 3.05) is 6.61 Å². The lowest BCUT2D eigenvalue weighted by atomic mass is 9.81. The van der Waals surface area contributed by atoms with Crippen molar-refractivity contribution < 1.29 is 42.4 Å². The second-order valence-corrected chi connectivity index (χ2v) is 15.5. The molecule has 47 heavy (non-hydrogen) atoms. The van der Waals surface area contributed by atoms with Crippen molar-refractivity contribution in [1.82, 2.24) is 9.29 Å². The van der Waals surface area contributed by atoms with Gasteiger partial charge in [-0.15, -0.1) is 11.3 Å². The third-order valence-corrected chi connectivity index (χ3v) is 13.0. The predicted octanol–water partition coefficient (Wildman–Crippen LogP) is 4.69. The molecule has 1 N–H and O–H groups in total. The molecule has 5 rings (SSSR count). The zero-order valence-electron chi connectivity index (χ0n) is 26.6. The smallest absolute Gasteiger partial charge is 0.519 e. The number of fused-ring (bicyclic) bond motifs is 4. The van der Waals surface area contributed by atoms with Crippen LogP contribution in [-0.4, -0.2) is 65.1 Å². The number of aromatic nitrogens is 1. The molecule has 3 aliphatic rings. The molecule has 1 amide bonds. The van der Waals surface area contributed by atoms with Gasteiger partial charge in [0.25, 0.3) is 5.91 Å². The molecule has 2 aromatic heterocycles. The van der Waals surface area contributed by atoms with E-state index in [-0.39, 0.29) is 42.3 Å². The van der Waals surface area contributed by atoms with Crippen LogP contribution in [0.25, 0.3) is 6.08 Å².